The van der Waals surface area contributed by atoms with Crippen LogP contribution in [-0.4, -0.2) is 15.3 Å². The summed E-state index contributed by atoms with van der Waals surface area (Å²) in [6.45, 7) is 2.01. The SMILES string of the molecule is Cc1ccc(C(=O)/C=C/c2nccc3c4ccccc4n(C)c23)cc1. The van der Waals surface area contributed by atoms with Gasteiger partial charge in [-0.3, -0.25) is 9.78 Å². The molecular weight excluding hydrogens is 308 g/mol. The summed E-state index contributed by atoms with van der Waals surface area (Å²) in [5, 5.41) is 2.34. The molecule has 0 bridgehead atoms. The van der Waals surface area contributed by atoms with E-state index in [1.807, 2.05) is 62.5 Å². The van der Waals surface area contributed by atoms with Crippen LogP contribution in [-0.2, 0) is 7.05 Å². The zero-order valence-corrected chi connectivity index (χ0v) is 14.2. The first kappa shape index (κ1) is 15.3. The second kappa shape index (κ2) is 6.02. The van der Waals surface area contributed by atoms with Crippen molar-refractivity contribution in [2.75, 3.05) is 0 Å². The Kier molecular flexibility index (Phi) is 3.69. The fourth-order valence-corrected chi connectivity index (χ4v) is 3.24. The summed E-state index contributed by atoms with van der Waals surface area (Å²) in [4.78, 5) is 16.9. The van der Waals surface area contributed by atoms with Gasteiger partial charge in [-0.25, -0.2) is 0 Å². The molecule has 0 aliphatic rings. The standard InChI is InChI=1S/C22H18N2O/c1-15-7-9-16(10-8-15)21(25)12-11-19-22-18(13-14-23-19)17-5-3-4-6-20(17)24(22)2/h3-14H,1-2H3/b12-11+. The largest absolute Gasteiger partial charge is 0.342 e. The lowest BCUT2D eigenvalue weighted by molar-refractivity contribution is 0.104. The summed E-state index contributed by atoms with van der Waals surface area (Å²) in [5.74, 6) is -0.0161. The number of aromatic nitrogens is 2. The molecule has 25 heavy (non-hydrogen) atoms. The summed E-state index contributed by atoms with van der Waals surface area (Å²) in [7, 11) is 2.03. The lowest BCUT2D eigenvalue weighted by Crippen LogP contribution is -1.95. The number of benzene rings is 2. The van der Waals surface area contributed by atoms with Crippen molar-refractivity contribution in [1.29, 1.82) is 0 Å². The molecule has 3 heteroatoms. The van der Waals surface area contributed by atoms with Crippen molar-refractivity contribution in [3.63, 3.8) is 0 Å². The second-order valence-electron chi connectivity index (χ2n) is 6.23. The van der Waals surface area contributed by atoms with Crippen LogP contribution in [0.25, 0.3) is 27.9 Å². The van der Waals surface area contributed by atoms with Gasteiger partial charge in [0.1, 0.15) is 0 Å². The molecule has 0 atom stereocenters. The van der Waals surface area contributed by atoms with Gasteiger partial charge < -0.3 is 4.57 Å². The molecule has 0 aliphatic carbocycles. The molecular formula is C22H18N2O. The van der Waals surface area contributed by atoms with E-state index in [1.165, 1.54) is 5.39 Å². The molecule has 0 unspecified atom stereocenters. The van der Waals surface area contributed by atoms with Crippen LogP contribution >= 0.6 is 0 Å². The van der Waals surface area contributed by atoms with E-state index in [1.54, 1.807) is 12.3 Å². The molecule has 0 N–H and O–H groups in total. The van der Waals surface area contributed by atoms with Crippen LogP contribution < -0.4 is 0 Å². The highest BCUT2D eigenvalue weighted by atomic mass is 16.1. The monoisotopic (exact) mass is 326 g/mol. The van der Waals surface area contributed by atoms with Crippen molar-refractivity contribution < 1.29 is 4.79 Å². The zero-order valence-electron chi connectivity index (χ0n) is 14.2. The summed E-state index contributed by atoms with van der Waals surface area (Å²) in [6, 6.07) is 17.9. The van der Waals surface area contributed by atoms with Crippen molar-refractivity contribution in [2.45, 2.75) is 6.92 Å². The zero-order chi connectivity index (χ0) is 17.4. The second-order valence-corrected chi connectivity index (χ2v) is 6.23. The molecule has 0 amide bonds. The number of allylic oxidation sites excluding steroid dienone is 1. The van der Waals surface area contributed by atoms with E-state index in [0.29, 0.717) is 5.56 Å². The van der Waals surface area contributed by atoms with Crippen molar-refractivity contribution in [2.24, 2.45) is 7.05 Å². The minimum Gasteiger partial charge on any atom is -0.342 e. The maximum absolute atomic E-state index is 12.4. The molecule has 0 saturated carbocycles. The molecule has 2 heterocycles. The van der Waals surface area contributed by atoms with Gasteiger partial charge in [-0.1, -0.05) is 48.0 Å². The van der Waals surface area contributed by atoms with Crippen molar-refractivity contribution >= 4 is 33.7 Å². The third-order valence-electron chi connectivity index (χ3n) is 4.57. The van der Waals surface area contributed by atoms with Crippen LogP contribution in [0.5, 0.6) is 0 Å². The van der Waals surface area contributed by atoms with Crippen molar-refractivity contribution in [1.82, 2.24) is 9.55 Å². The molecule has 0 saturated heterocycles. The first-order valence-corrected chi connectivity index (χ1v) is 8.26. The Morgan fingerprint density at radius 1 is 1.00 bits per heavy atom. The summed E-state index contributed by atoms with van der Waals surface area (Å²) in [6.07, 6.45) is 5.21. The predicted molar refractivity (Wildman–Crippen MR) is 103 cm³/mol. The van der Waals surface area contributed by atoms with E-state index in [4.69, 9.17) is 0 Å². The Morgan fingerprint density at radius 2 is 1.76 bits per heavy atom. The van der Waals surface area contributed by atoms with Gasteiger partial charge in [-0.05, 0) is 31.2 Å². The summed E-state index contributed by atoms with van der Waals surface area (Å²) >= 11 is 0. The lowest BCUT2D eigenvalue weighted by atomic mass is 10.1. The Bertz CT molecular complexity index is 1120. The van der Waals surface area contributed by atoms with Crippen LogP contribution in [0.1, 0.15) is 21.6 Å². The number of para-hydroxylation sites is 1. The predicted octanol–water partition coefficient (Wildman–Crippen LogP) is 4.93. The number of hydrogen-bond acceptors (Lipinski definition) is 2. The van der Waals surface area contributed by atoms with E-state index < -0.39 is 0 Å². The van der Waals surface area contributed by atoms with Gasteiger partial charge in [-0.15, -0.1) is 0 Å². The normalized spacial score (nSPS) is 11.6. The molecule has 0 radical (unpaired) electrons. The van der Waals surface area contributed by atoms with Gasteiger partial charge in [0.2, 0.25) is 0 Å². The first-order valence-electron chi connectivity index (χ1n) is 8.26. The van der Waals surface area contributed by atoms with E-state index >= 15 is 0 Å². The highest BCUT2D eigenvalue weighted by molar-refractivity contribution is 6.11. The average molecular weight is 326 g/mol. The topological polar surface area (TPSA) is 34.9 Å². The average Bonchev–Trinajstić information content (AvgIpc) is 2.94. The minimum atomic E-state index is -0.0161. The van der Waals surface area contributed by atoms with Gasteiger partial charge in [-0.2, -0.15) is 0 Å². The Labute approximate surface area is 146 Å². The fraction of sp³-hybridized carbons (Fsp3) is 0.0909. The highest BCUT2D eigenvalue weighted by Gasteiger charge is 2.11. The van der Waals surface area contributed by atoms with Gasteiger partial charge in [0.25, 0.3) is 0 Å². The van der Waals surface area contributed by atoms with Gasteiger partial charge in [0.15, 0.2) is 5.78 Å². The number of fused-ring (bicyclic) bond motifs is 3. The van der Waals surface area contributed by atoms with Crippen LogP contribution in [0.4, 0.5) is 0 Å². The Hall–Kier alpha value is -3.20. The Morgan fingerprint density at radius 3 is 2.56 bits per heavy atom. The smallest absolute Gasteiger partial charge is 0.185 e. The van der Waals surface area contributed by atoms with Crippen LogP contribution in [0.3, 0.4) is 0 Å². The molecule has 4 aromatic rings. The van der Waals surface area contributed by atoms with E-state index in [2.05, 4.69) is 21.7 Å². The molecule has 3 nitrogen and oxygen atoms in total. The molecule has 2 aromatic carbocycles. The molecule has 4 rings (SSSR count). The highest BCUT2D eigenvalue weighted by Crippen LogP contribution is 2.29. The maximum Gasteiger partial charge on any atom is 0.185 e. The van der Waals surface area contributed by atoms with Crippen molar-refractivity contribution in [3.05, 3.63) is 83.7 Å². The first-order chi connectivity index (χ1) is 12.1. The van der Waals surface area contributed by atoms with Crippen LogP contribution in [0.2, 0.25) is 0 Å². The lowest BCUT2D eigenvalue weighted by Gasteiger charge is -2.01. The number of aryl methyl sites for hydroxylation is 2. The van der Waals surface area contributed by atoms with Crippen LogP contribution in [0, 0.1) is 6.92 Å². The maximum atomic E-state index is 12.4. The Balaban J connectivity index is 1.79. The fourth-order valence-electron chi connectivity index (χ4n) is 3.24. The number of carbonyl (C=O) groups is 1. The number of hydrogen-bond donors (Lipinski definition) is 0. The van der Waals surface area contributed by atoms with Gasteiger partial charge in [0.05, 0.1) is 11.2 Å². The van der Waals surface area contributed by atoms with E-state index in [0.717, 1.165) is 27.7 Å². The third kappa shape index (κ3) is 2.64. The molecule has 122 valence electrons. The van der Waals surface area contributed by atoms with Gasteiger partial charge in [0, 0.05) is 35.1 Å². The number of ketones is 1. The number of nitrogens with zero attached hydrogens (tertiary/aromatic N) is 2. The molecule has 0 aliphatic heterocycles. The molecule has 2 aromatic heterocycles. The molecule has 0 spiro atoms. The van der Waals surface area contributed by atoms with E-state index in [-0.39, 0.29) is 5.78 Å². The third-order valence-corrected chi connectivity index (χ3v) is 4.57. The minimum absolute atomic E-state index is 0.0161. The number of rotatable bonds is 3. The number of carbonyl (C=O) groups excluding carboxylic acids is 1. The van der Waals surface area contributed by atoms with Gasteiger partial charge >= 0.3 is 0 Å². The molecule has 0 fully saturated rings. The van der Waals surface area contributed by atoms with Crippen LogP contribution in [0.15, 0.2) is 66.9 Å². The summed E-state index contributed by atoms with van der Waals surface area (Å²) in [5.41, 5.74) is 4.83. The quantitative estimate of drug-likeness (QED) is 0.395. The van der Waals surface area contributed by atoms with E-state index in [9.17, 15) is 4.79 Å². The summed E-state index contributed by atoms with van der Waals surface area (Å²) < 4.78 is 2.13. The number of pyridine rings is 1. The van der Waals surface area contributed by atoms with Crippen molar-refractivity contribution in [3.8, 4) is 0 Å².